The van der Waals surface area contributed by atoms with Crippen LogP contribution in [0.5, 0.6) is 0 Å². The quantitative estimate of drug-likeness (QED) is 0.0203. The third-order valence-electron chi connectivity index (χ3n) is 9.01. The molecule has 0 aromatic carbocycles. The van der Waals surface area contributed by atoms with E-state index in [2.05, 4.69) is 32.1 Å². The number of phosphoric ester groups is 1. The van der Waals surface area contributed by atoms with E-state index < -0.39 is 44.7 Å². The van der Waals surface area contributed by atoms with E-state index in [0.29, 0.717) is 25.7 Å². The van der Waals surface area contributed by atoms with Crippen molar-refractivity contribution in [2.45, 2.75) is 199 Å². The smallest absolute Gasteiger partial charge is 0.462 e. The van der Waals surface area contributed by atoms with Crippen LogP contribution in [0.3, 0.4) is 0 Å². The van der Waals surface area contributed by atoms with Crippen LogP contribution in [0.15, 0.2) is 24.3 Å². The maximum Gasteiger partial charge on any atom is 0.472 e. The first-order chi connectivity index (χ1) is 25.6. The number of phosphoric acid groups is 1. The number of nitrogens with two attached hydrogens (primary N) is 1. The average molecular weight is 776 g/mol. The lowest BCUT2D eigenvalue weighted by Gasteiger charge is -2.20. The molecule has 0 aromatic heterocycles. The second-order valence-corrected chi connectivity index (χ2v) is 15.6. The highest BCUT2D eigenvalue weighted by Crippen LogP contribution is 2.43. The monoisotopic (exact) mass is 776 g/mol. The van der Waals surface area contributed by atoms with Crippen LogP contribution in [0.4, 0.5) is 0 Å². The Balaban J connectivity index is 4.30. The van der Waals surface area contributed by atoms with Crippen molar-refractivity contribution in [3.05, 3.63) is 24.3 Å². The molecule has 0 rings (SSSR count). The van der Waals surface area contributed by atoms with Gasteiger partial charge in [0.05, 0.1) is 25.4 Å². The van der Waals surface area contributed by atoms with E-state index in [9.17, 15) is 29.3 Å². The molecule has 0 aliphatic heterocycles. The van der Waals surface area contributed by atoms with Gasteiger partial charge < -0.3 is 30.3 Å². The van der Waals surface area contributed by atoms with Gasteiger partial charge >= 0.3 is 19.8 Å². The van der Waals surface area contributed by atoms with E-state index >= 15 is 0 Å². The van der Waals surface area contributed by atoms with E-state index in [1.165, 1.54) is 51.4 Å². The van der Waals surface area contributed by atoms with Crippen LogP contribution in [0, 0.1) is 0 Å². The van der Waals surface area contributed by atoms with Crippen LogP contribution in [0.1, 0.15) is 181 Å². The summed E-state index contributed by atoms with van der Waals surface area (Å²) in [6.07, 6.45) is 30.9. The number of carbonyl (C=O) groups is 2. The fourth-order valence-corrected chi connectivity index (χ4v) is 6.48. The van der Waals surface area contributed by atoms with Crippen LogP contribution < -0.4 is 5.73 Å². The lowest BCUT2D eigenvalue weighted by atomic mass is 10.0. The molecule has 12 heteroatoms. The number of hydrogen-bond acceptors (Lipinski definition) is 10. The minimum Gasteiger partial charge on any atom is -0.462 e. The standard InChI is InChI=1S/C41H78NO10P/c1-3-5-7-9-11-12-13-14-15-16-17-18-19-23-28-32-41(46)52-37(36-51-53(47,48)50-34-33-42)35-49-40(45)31-27-24-20-22-26-30-39(44)38(43)29-25-21-10-8-6-4-2/h14-15,21,25,37-39,43-44H,3-13,16-20,22-24,26-36,42H2,1-2H3,(H,47,48)/b15-14-,25-21-/t37-,38-,39-/m1/s1. The van der Waals surface area contributed by atoms with Crippen molar-refractivity contribution < 1.29 is 47.8 Å². The Morgan fingerprint density at radius 3 is 1.72 bits per heavy atom. The third kappa shape index (κ3) is 35.8. The Morgan fingerprint density at radius 2 is 1.11 bits per heavy atom. The van der Waals surface area contributed by atoms with Crippen LogP contribution in [-0.2, 0) is 32.7 Å². The number of aliphatic hydroxyl groups is 2. The molecular formula is C41H78NO10P. The number of unbranched alkanes of at least 4 members (excludes halogenated alkanes) is 18. The summed E-state index contributed by atoms with van der Waals surface area (Å²) in [5.41, 5.74) is 5.33. The van der Waals surface area contributed by atoms with Gasteiger partial charge in [0.25, 0.3) is 0 Å². The molecule has 0 spiro atoms. The van der Waals surface area contributed by atoms with Crippen molar-refractivity contribution in [1.82, 2.24) is 0 Å². The number of hydrogen-bond donors (Lipinski definition) is 4. The minimum absolute atomic E-state index is 0.0299. The van der Waals surface area contributed by atoms with Crippen molar-refractivity contribution in [3.63, 3.8) is 0 Å². The molecule has 0 heterocycles. The molecule has 11 nitrogen and oxygen atoms in total. The second kappa shape index (κ2) is 37.3. The Morgan fingerprint density at radius 1 is 0.623 bits per heavy atom. The summed E-state index contributed by atoms with van der Waals surface area (Å²) in [6.45, 7) is 3.48. The van der Waals surface area contributed by atoms with Crippen molar-refractivity contribution in [2.24, 2.45) is 5.73 Å². The molecule has 0 aromatic rings. The van der Waals surface area contributed by atoms with Crippen molar-refractivity contribution in [3.8, 4) is 0 Å². The van der Waals surface area contributed by atoms with Gasteiger partial charge in [-0.2, -0.15) is 0 Å². The largest absolute Gasteiger partial charge is 0.472 e. The Kier molecular flexibility index (Phi) is 36.2. The zero-order valence-corrected chi connectivity index (χ0v) is 34.4. The highest BCUT2D eigenvalue weighted by molar-refractivity contribution is 7.47. The molecule has 5 N–H and O–H groups in total. The van der Waals surface area contributed by atoms with Gasteiger partial charge in [-0.1, -0.05) is 128 Å². The molecule has 312 valence electrons. The maximum atomic E-state index is 12.6. The molecule has 0 saturated carbocycles. The normalized spacial score (nSPS) is 14.8. The molecule has 0 saturated heterocycles. The van der Waals surface area contributed by atoms with Crippen LogP contribution >= 0.6 is 7.82 Å². The summed E-state index contributed by atoms with van der Waals surface area (Å²) >= 11 is 0. The predicted molar refractivity (Wildman–Crippen MR) is 213 cm³/mol. The average Bonchev–Trinajstić information content (AvgIpc) is 3.14. The first-order valence-corrected chi connectivity index (χ1v) is 22.5. The van der Waals surface area contributed by atoms with Gasteiger partial charge in [-0.3, -0.25) is 18.6 Å². The number of rotatable bonds is 39. The van der Waals surface area contributed by atoms with E-state index in [1.54, 1.807) is 0 Å². The number of esters is 2. The first kappa shape index (κ1) is 51.4. The maximum absolute atomic E-state index is 12.6. The van der Waals surface area contributed by atoms with Crippen molar-refractivity contribution in [1.29, 1.82) is 0 Å². The molecule has 0 aliphatic carbocycles. The topological polar surface area (TPSA) is 175 Å². The predicted octanol–water partition coefficient (Wildman–Crippen LogP) is 9.55. The van der Waals surface area contributed by atoms with Crippen molar-refractivity contribution in [2.75, 3.05) is 26.4 Å². The highest BCUT2D eigenvalue weighted by atomic mass is 31.2. The zero-order chi connectivity index (χ0) is 39.3. The van der Waals surface area contributed by atoms with Gasteiger partial charge in [-0.25, -0.2) is 4.57 Å². The van der Waals surface area contributed by atoms with E-state index in [0.717, 1.165) is 77.0 Å². The molecule has 1 unspecified atom stereocenters. The van der Waals surface area contributed by atoms with Gasteiger partial charge in [-0.05, 0) is 64.2 Å². The Labute approximate surface area is 322 Å². The molecule has 0 aliphatic rings. The first-order valence-electron chi connectivity index (χ1n) is 21.0. The summed E-state index contributed by atoms with van der Waals surface area (Å²) in [4.78, 5) is 34.8. The molecule has 53 heavy (non-hydrogen) atoms. The van der Waals surface area contributed by atoms with Crippen LogP contribution in [0.25, 0.3) is 0 Å². The summed E-state index contributed by atoms with van der Waals surface area (Å²) in [7, 11) is -4.41. The van der Waals surface area contributed by atoms with Gasteiger partial charge in [0.15, 0.2) is 6.10 Å². The third-order valence-corrected chi connectivity index (χ3v) is 9.99. The Hall–Kier alpha value is -1.59. The lowest BCUT2D eigenvalue weighted by Crippen LogP contribution is -2.29. The molecule has 0 amide bonds. The summed E-state index contributed by atoms with van der Waals surface area (Å²) in [6, 6.07) is 0. The Bertz CT molecular complexity index is 963. The van der Waals surface area contributed by atoms with Gasteiger partial charge in [0.2, 0.25) is 0 Å². The van der Waals surface area contributed by atoms with E-state index in [4.69, 9.17) is 24.3 Å². The molecule has 4 atom stereocenters. The number of allylic oxidation sites excluding steroid dienone is 3. The number of aliphatic hydroxyl groups excluding tert-OH is 2. The molecule has 0 fully saturated rings. The van der Waals surface area contributed by atoms with E-state index in [1.807, 2.05) is 6.08 Å². The number of carbonyl (C=O) groups excluding carboxylic acids is 2. The molecule has 0 bridgehead atoms. The fraction of sp³-hybridized carbons (Fsp3) is 0.854. The van der Waals surface area contributed by atoms with Gasteiger partial charge in [0.1, 0.15) is 6.61 Å². The molecular weight excluding hydrogens is 697 g/mol. The lowest BCUT2D eigenvalue weighted by molar-refractivity contribution is -0.161. The van der Waals surface area contributed by atoms with Crippen molar-refractivity contribution >= 4 is 19.8 Å². The second-order valence-electron chi connectivity index (χ2n) is 14.2. The summed E-state index contributed by atoms with van der Waals surface area (Å²) in [5, 5.41) is 20.4. The highest BCUT2D eigenvalue weighted by Gasteiger charge is 2.26. The minimum atomic E-state index is -4.41. The molecule has 0 radical (unpaired) electrons. The van der Waals surface area contributed by atoms with Crippen LogP contribution in [0.2, 0.25) is 0 Å². The van der Waals surface area contributed by atoms with E-state index in [-0.39, 0.29) is 32.6 Å². The van der Waals surface area contributed by atoms with Crippen LogP contribution in [-0.4, -0.2) is 71.7 Å². The van der Waals surface area contributed by atoms with Gasteiger partial charge in [-0.15, -0.1) is 0 Å². The van der Waals surface area contributed by atoms with Gasteiger partial charge in [0, 0.05) is 19.4 Å². The summed E-state index contributed by atoms with van der Waals surface area (Å²) < 4.78 is 32.6. The fourth-order valence-electron chi connectivity index (χ4n) is 5.71. The zero-order valence-electron chi connectivity index (χ0n) is 33.5. The summed E-state index contributed by atoms with van der Waals surface area (Å²) in [5.74, 6) is -0.949. The number of ether oxygens (including phenoxy) is 2. The SMILES string of the molecule is CCCCC/C=C\C[C@@H](O)[C@H](O)CCCCCCCC(=O)OC[C@H](COP(=O)(O)OCCN)OC(=O)CCCCCCC/C=C\CCCCCCCC.